The number of carbonyl (C=O) groups is 4. The molecule has 2 aromatic rings. The lowest BCUT2D eigenvalue weighted by Gasteiger charge is -2.16. The second-order valence-corrected chi connectivity index (χ2v) is 7.32. The Bertz CT molecular complexity index is 985. The van der Waals surface area contributed by atoms with Crippen LogP contribution in [0, 0.1) is 26.7 Å². The van der Waals surface area contributed by atoms with Gasteiger partial charge in [-0.3, -0.25) is 23.9 Å². The summed E-state index contributed by atoms with van der Waals surface area (Å²) in [5, 5.41) is 3.96. The number of urea groups is 1. The number of ketones is 1. The van der Waals surface area contributed by atoms with E-state index in [4.69, 9.17) is 4.52 Å². The molecule has 9 heteroatoms. The molecule has 2 aromatic heterocycles. The molecule has 28 heavy (non-hydrogen) atoms. The summed E-state index contributed by atoms with van der Waals surface area (Å²) in [5.41, 5.74) is 1.72. The van der Waals surface area contributed by atoms with E-state index in [1.165, 1.54) is 0 Å². The number of hydrogen-bond acceptors (Lipinski definition) is 6. The summed E-state index contributed by atoms with van der Waals surface area (Å²) >= 11 is 0. The van der Waals surface area contributed by atoms with Gasteiger partial charge in [0.05, 0.1) is 6.54 Å². The molecule has 1 saturated heterocycles. The number of Topliss-reactive ketones (excluding diaryl/α,β-unsaturated/α-hetero) is 1. The summed E-state index contributed by atoms with van der Waals surface area (Å²) in [4.78, 5) is 51.1. The van der Waals surface area contributed by atoms with Crippen LogP contribution >= 0.6 is 0 Å². The molecule has 1 aliphatic heterocycles. The molecule has 0 spiro atoms. The van der Waals surface area contributed by atoms with Gasteiger partial charge in [0.2, 0.25) is 0 Å². The molecule has 0 unspecified atom stereocenters. The normalized spacial score (nSPS) is 14.7. The Morgan fingerprint density at radius 3 is 2.29 bits per heavy atom. The van der Waals surface area contributed by atoms with Crippen molar-refractivity contribution in [3.63, 3.8) is 0 Å². The van der Waals surface area contributed by atoms with Gasteiger partial charge in [0, 0.05) is 29.6 Å². The molecule has 3 rings (SSSR count). The molecule has 148 valence electrons. The molecule has 0 atom stereocenters. The topological polar surface area (TPSA) is 106 Å². The van der Waals surface area contributed by atoms with Crippen LogP contribution in [0.2, 0.25) is 0 Å². The van der Waals surface area contributed by atoms with Crippen molar-refractivity contribution < 1.29 is 23.7 Å². The third kappa shape index (κ3) is 3.23. The summed E-state index contributed by atoms with van der Waals surface area (Å²) in [6.07, 6.45) is 0. The summed E-state index contributed by atoms with van der Waals surface area (Å²) in [5.74, 6) is -1.11. The summed E-state index contributed by atoms with van der Waals surface area (Å²) in [6.45, 7) is 8.64. The minimum Gasteiger partial charge on any atom is -0.360 e. The van der Waals surface area contributed by atoms with Crippen molar-refractivity contribution in [2.75, 3.05) is 13.1 Å². The van der Waals surface area contributed by atoms with Gasteiger partial charge >= 0.3 is 17.8 Å². The Morgan fingerprint density at radius 2 is 1.71 bits per heavy atom. The van der Waals surface area contributed by atoms with Crippen LogP contribution in [0.3, 0.4) is 0 Å². The predicted octanol–water partition coefficient (Wildman–Crippen LogP) is 2.02. The largest absolute Gasteiger partial charge is 0.360 e. The highest BCUT2D eigenvalue weighted by atomic mass is 16.5. The molecule has 3 heterocycles. The van der Waals surface area contributed by atoms with Crippen LogP contribution < -0.4 is 0 Å². The summed E-state index contributed by atoms with van der Waals surface area (Å²) in [6, 6.07) is 2.66. The SMILES string of the molecule is Cc1cc(-n2c(C)cc(C(=O)CN3C(=O)C(=O)N(CC(C)C)C3=O)c2C)no1. The first kappa shape index (κ1) is 19.5. The van der Waals surface area contributed by atoms with E-state index in [2.05, 4.69) is 5.16 Å². The zero-order valence-corrected chi connectivity index (χ0v) is 16.5. The van der Waals surface area contributed by atoms with E-state index in [0.29, 0.717) is 27.7 Å². The van der Waals surface area contributed by atoms with Crippen LogP contribution in [-0.4, -0.2) is 56.2 Å². The highest BCUT2D eigenvalue weighted by Crippen LogP contribution is 2.22. The Balaban J connectivity index is 1.85. The Labute approximate surface area is 161 Å². The van der Waals surface area contributed by atoms with Gasteiger partial charge in [-0.15, -0.1) is 0 Å². The van der Waals surface area contributed by atoms with Crippen molar-refractivity contribution in [2.24, 2.45) is 5.92 Å². The molecule has 0 bridgehead atoms. The standard InChI is InChI=1S/C19H22N4O5/c1-10(2)8-21-17(25)18(26)22(19(21)27)9-15(24)14-6-11(3)23(13(14)5)16-7-12(4)28-20-16/h6-7,10H,8-9H2,1-5H3. The van der Waals surface area contributed by atoms with Crippen molar-refractivity contribution >= 4 is 23.6 Å². The highest BCUT2D eigenvalue weighted by Gasteiger charge is 2.45. The van der Waals surface area contributed by atoms with E-state index in [-0.39, 0.29) is 12.5 Å². The van der Waals surface area contributed by atoms with Crippen molar-refractivity contribution in [1.82, 2.24) is 19.5 Å². The molecule has 0 radical (unpaired) electrons. The fraction of sp³-hybridized carbons (Fsp3) is 0.421. The van der Waals surface area contributed by atoms with E-state index in [0.717, 1.165) is 10.6 Å². The lowest BCUT2D eigenvalue weighted by atomic mass is 10.1. The molecular weight excluding hydrogens is 364 g/mol. The van der Waals surface area contributed by atoms with Crippen molar-refractivity contribution in [3.05, 3.63) is 34.8 Å². The van der Waals surface area contributed by atoms with Crippen molar-refractivity contribution in [3.8, 4) is 5.82 Å². The van der Waals surface area contributed by atoms with E-state index >= 15 is 0 Å². The minimum absolute atomic E-state index is 0.0150. The molecule has 1 aliphatic rings. The summed E-state index contributed by atoms with van der Waals surface area (Å²) < 4.78 is 6.85. The van der Waals surface area contributed by atoms with E-state index < -0.39 is 30.2 Å². The zero-order valence-electron chi connectivity index (χ0n) is 16.5. The molecule has 0 aromatic carbocycles. The number of carbonyl (C=O) groups excluding carboxylic acids is 4. The molecule has 1 fully saturated rings. The van der Waals surface area contributed by atoms with Gasteiger partial charge < -0.3 is 4.52 Å². The number of nitrogens with zero attached hydrogens (tertiary/aromatic N) is 4. The monoisotopic (exact) mass is 386 g/mol. The zero-order chi connectivity index (χ0) is 20.7. The maximum atomic E-state index is 12.8. The van der Waals surface area contributed by atoms with Crippen LogP contribution in [-0.2, 0) is 9.59 Å². The van der Waals surface area contributed by atoms with Gasteiger partial charge in [0.15, 0.2) is 11.6 Å². The Hall–Kier alpha value is -3.23. The van der Waals surface area contributed by atoms with Crippen LogP contribution in [0.25, 0.3) is 5.82 Å². The first-order valence-electron chi connectivity index (χ1n) is 8.95. The molecular formula is C19H22N4O5. The predicted molar refractivity (Wildman–Crippen MR) is 98.0 cm³/mol. The fourth-order valence-corrected chi connectivity index (χ4v) is 3.30. The second kappa shape index (κ2) is 7.06. The van der Waals surface area contributed by atoms with Crippen molar-refractivity contribution in [1.29, 1.82) is 0 Å². The fourth-order valence-electron chi connectivity index (χ4n) is 3.30. The Morgan fingerprint density at radius 1 is 1.07 bits per heavy atom. The number of aryl methyl sites for hydroxylation is 2. The smallest absolute Gasteiger partial charge is 0.334 e. The van der Waals surface area contributed by atoms with Gasteiger partial charge in [0.25, 0.3) is 0 Å². The maximum absolute atomic E-state index is 12.8. The average Bonchev–Trinajstić information content (AvgIpc) is 3.22. The number of rotatable bonds is 6. The first-order chi connectivity index (χ1) is 13.1. The molecule has 0 N–H and O–H groups in total. The van der Waals surface area contributed by atoms with Gasteiger partial charge in [0.1, 0.15) is 5.76 Å². The lowest BCUT2D eigenvalue weighted by molar-refractivity contribution is -0.143. The number of aromatic nitrogens is 2. The lowest BCUT2D eigenvalue weighted by Crippen LogP contribution is -2.38. The molecule has 0 saturated carbocycles. The third-order valence-electron chi connectivity index (χ3n) is 4.56. The van der Waals surface area contributed by atoms with Crippen molar-refractivity contribution in [2.45, 2.75) is 34.6 Å². The number of imide groups is 2. The Kier molecular flexibility index (Phi) is 4.93. The minimum atomic E-state index is -0.972. The van der Waals surface area contributed by atoms with Gasteiger partial charge in [-0.25, -0.2) is 9.69 Å². The molecule has 9 nitrogen and oxygen atoms in total. The molecule has 4 amide bonds. The quantitative estimate of drug-likeness (QED) is 0.427. The molecule has 0 aliphatic carbocycles. The summed E-state index contributed by atoms with van der Waals surface area (Å²) in [7, 11) is 0. The highest BCUT2D eigenvalue weighted by molar-refractivity contribution is 6.45. The number of hydrogen-bond donors (Lipinski definition) is 0. The van der Waals surface area contributed by atoms with Gasteiger partial charge in [-0.1, -0.05) is 19.0 Å². The number of amides is 4. The van der Waals surface area contributed by atoms with Crippen LogP contribution in [0.15, 0.2) is 16.7 Å². The van der Waals surface area contributed by atoms with E-state index in [9.17, 15) is 19.2 Å². The third-order valence-corrected chi connectivity index (χ3v) is 4.56. The van der Waals surface area contributed by atoms with Crippen LogP contribution in [0.5, 0.6) is 0 Å². The average molecular weight is 386 g/mol. The second-order valence-electron chi connectivity index (χ2n) is 7.32. The van der Waals surface area contributed by atoms with E-state index in [1.54, 1.807) is 30.5 Å². The first-order valence-corrected chi connectivity index (χ1v) is 8.95. The van der Waals surface area contributed by atoms with Crippen LogP contribution in [0.1, 0.15) is 41.4 Å². The van der Waals surface area contributed by atoms with Gasteiger partial charge in [-0.05, 0) is 32.8 Å². The maximum Gasteiger partial charge on any atom is 0.334 e. The van der Waals surface area contributed by atoms with Gasteiger partial charge in [-0.2, -0.15) is 0 Å². The van der Waals surface area contributed by atoms with E-state index in [1.807, 2.05) is 20.8 Å². The van der Waals surface area contributed by atoms with Crippen LogP contribution in [0.4, 0.5) is 4.79 Å².